The first-order valence-electron chi connectivity index (χ1n) is 7.25. The Labute approximate surface area is 125 Å². The average molecular weight is 280 g/mol. The van der Waals surface area contributed by atoms with Crippen molar-refractivity contribution < 1.29 is 4.79 Å². The fourth-order valence-electron chi connectivity index (χ4n) is 2.65. The molecule has 3 heteroatoms. The van der Waals surface area contributed by atoms with E-state index in [-0.39, 0.29) is 18.4 Å². The van der Waals surface area contributed by atoms with Crippen LogP contribution in [0, 0.1) is 17.2 Å². The van der Waals surface area contributed by atoms with E-state index in [0.717, 1.165) is 22.8 Å². The molecule has 0 saturated heterocycles. The molecular formula is C18H20N2O. The van der Waals surface area contributed by atoms with Gasteiger partial charge < -0.3 is 5.32 Å². The van der Waals surface area contributed by atoms with Crippen molar-refractivity contribution in [3.63, 3.8) is 0 Å². The summed E-state index contributed by atoms with van der Waals surface area (Å²) in [7, 11) is 0. The number of benzene rings is 2. The Morgan fingerprint density at radius 3 is 2.62 bits per heavy atom. The van der Waals surface area contributed by atoms with Crippen LogP contribution in [0.15, 0.2) is 42.5 Å². The molecular weight excluding hydrogens is 260 g/mol. The molecule has 3 nitrogen and oxygen atoms in total. The Morgan fingerprint density at radius 2 is 1.90 bits per heavy atom. The second-order valence-corrected chi connectivity index (χ2v) is 5.63. The Hall–Kier alpha value is -2.34. The van der Waals surface area contributed by atoms with Crippen LogP contribution in [0.25, 0.3) is 10.8 Å². The minimum Gasteiger partial charge on any atom is -0.342 e. The summed E-state index contributed by atoms with van der Waals surface area (Å²) in [5.74, 6) is 0.118. The lowest BCUT2D eigenvalue weighted by molar-refractivity contribution is -0.122. The van der Waals surface area contributed by atoms with Gasteiger partial charge in [-0.1, -0.05) is 56.3 Å². The van der Waals surface area contributed by atoms with E-state index in [1.807, 2.05) is 30.3 Å². The molecule has 0 fully saturated rings. The number of hydrogen-bond donors (Lipinski definition) is 1. The van der Waals surface area contributed by atoms with Crippen molar-refractivity contribution in [1.82, 2.24) is 5.32 Å². The van der Waals surface area contributed by atoms with Crippen LogP contribution in [-0.2, 0) is 4.79 Å². The molecule has 0 radical (unpaired) electrons. The highest BCUT2D eigenvalue weighted by Crippen LogP contribution is 2.30. The number of carbonyl (C=O) groups excluding carboxylic acids is 1. The predicted molar refractivity (Wildman–Crippen MR) is 84.8 cm³/mol. The lowest BCUT2D eigenvalue weighted by atomic mass is 9.86. The van der Waals surface area contributed by atoms with Crippen molar-refractivity contribution in [2.45, 2.75) is 26.2 Å². The highest BCUT2D eigenvalue weighted by Gasteiger charge is 2.23. The van der Waals surface area contributed by atoms with Gasteiger partial charge >= 0.3 is 0 Å². The molecule has 1 amide bonds. The third-order valence-corrected chi connectivity index (χ3v) is 3.56. The summed E-state index contributed by atoms with van der Waals surface area (Å²) in [6, 6.07) is 16.1. The zero-order valence-electron chi connectivity index (χ0n) is 12.5. The van der Waals surface area contributed by atoms with Crippen molar-refractivity contribution in [2.24, 2.45) is 5.92 Å². The second-order valence-electron chi connectivity index (χ2n) is 5.63. The van der Waals surface area contributed by atoms with Crippen LogP contribution in [0.4, 0.5) is 0 Å². The Morgan fingerprint density at radius 1 is 1.19 bits per heavy atom. The molecule has 1 N–H and O–H groups in total. The van der Waals surface area contributed by atoms with Gasteiger partial charge in [0.05, 0.1) is 12.0 Å². The summed E-state index contributed by atoms with van der Waals surface area (Å²) in [6.45, 7) is 4.27. The zero-order chi connectivity index (χ0) is 15.2. The summed E-state index contributed by atoms with van der Waals surface area (Å²) >= 11 is 0. The lowest BCUT2D eigenvalue weighted by Gasteiger charge is -2.20. The van der Waals surface area contributed by atoms with Crippen LogP contribution < -0.4 is 5.32 Å². The van der Waals surface area contributed by atoms with Gasteiger partial charge in [-0.3, -0.25) is 4.79 Å². The van der Waals surface area contributed by atoms with E-state index in [2.05, 4.69) is 37.4 Å². The first-order chi connectivity index (χ1) is 10.1. The van der Waals surface area contributed by atoms with E-state index in [4.69, 9.17) is 5.26 Å². The summed E-state index contributed by atoms with van der Waals surface area (Å²) in [5.41, 5.74) is 1.04. The molecule has 0 aliphatic rings. The predicted octanol–water partition coefficient (Wildman–Crippen LogP) is 3.61. The number of nitriles is 1. The van der Waals surface area contributed by atoms with Crippen LogP contribution in [0.1, 0.15) is 31.7 Å². The number of nitrogens with zero attached hydrogens (tertiary/aromatic N) is 1. The van der Waals surface area contributed by atoms with Gasteiger partial charge in [-0.2, -0.15) is 5.26 Å². The van der Waals surface area contributed by atoms with Crippen molar-refractivity contribution in [2.75, 3.05) is 6.54 Å². The van der Waals surface area contributed by atoms with Crippen LogP contribution >= 0.6 is 0 Å². The SMILES string of the molecule is CC(C)CC(C(=O)NCC#N)c1cccc2ccccc12. The first-order valence-corrected chi connectivity index (χ1v) is 7.25. The van der Waals surface area contributed by atoms with Gasteiger partial charge in [0.2, 0.25) is 5.91 Å². The fraction of sp³-hybridized carbons (Fsp3) is 0.333. The quantitative estimate of drug-likeness (QED) is 0.851. The molecule has 0 saturated carbocycles. The summed E-state index contributed by atoms with van der Waals surface area (Å²) < 4.78 is 0. The van der Waals surface area contributed by atoms with Crippen molar-refractivity contribution >= 4 is 16.7 Å². The maximum atomic E-state index is 12.4. The molecule has 2 rings (SSSR count). The van der Waals surface area contributed by atoms with E-state index in [1.165, 1.54) is 0 Å². The van der Waals surface area contributed by atoms with Gasteiger partial charge in [-0.25, -0.2) is 0 Å². The largest absolute Gasteiger partial charge is 0.342 e. The molecule has 0 aromatic heterocycles. The third kappa shape index (κ3) is 3.61. The van der Waals surface area contributed by atoms with Gasteiger partial charge in [0.25, 0.3) is 0 Å². The zero-order valence-corrected chi connectivity index (χ0v) is 12.5. The van der Waals surface area contributed by atoms with E-state index < -0.39 is 0 Å². The highest BCUT2D eigenvalue weighted by atomic mass is 16.1. The van der Waals surface area contributed by atoms with E-state index >= 15 is 0 Å². The number of amides is 1. The van der Waals surface area contributed by atoms with Crippen molar-refractivity contribution in [3.8, 4) is 6.07 Å². The summed E-state index contributed by atoms with van der Waals surface area (Å²) in [5, 5.41) is 13.6. The molecule has 0 heterocycles. The number of carbonyl (C=O) groups is 1. The molecule has 21 heavy (non-hydrogen) atoms. The summed E-state index contributed by atoms with van der Waals surface area (Å²) in [6.07, 6.45) is 0.769. The van der Waals surface area contributed by atoms with Crippen LogP contribution in [0.2, 0.25) is 0 Å². The maximum absolute atomic E-state index is 12.4. The molecule has 2 aromatic rings. The minimum absolute atomic E-state index is 0.0538. The molecule has 0 aliphatic heterocycles. The van der Waals surface area contributed by atoms with Crippen molar-refractivity contribution in [1.29, 1.82) is 5.26 Å². The average Bonchev–Trinajstić information content (AvgIpc) is 2.49. The Kier molecular flexibility index (Phi) is 4.94. The molecule has 0 aliphatic carbocycles. The van der Waals surface area contributed by atoms with Crippen molar-refractivity contribution in [3.05, 3.63) is 48.0 Å². The summed E-state index contributed by atoms with van der Waals surface area (Å²) in [4.78, 5) is 12.4. The first kappa shape index (κ1) is 15.1. The molecule has 0 bridgehead atoms. The molecule has 108 valence electrons. The normalized spacial score (nSPS) is 12.1. The van der Waals surface area contributed by atoms with Crippen LogP contribution in [0.5, 0.6) is 0 Å². The van der Waals surface area contributed by atoms with E-state index in [0.29, 0.717) is 5.92 Å². The minimum atomic E-state index is -0.218. The Bertz CT molecular complexity index is 665. The monoisotopic (exact) mass is 280 g/mol. The third-order valence-electron chi connectivity index (χ3n) is 3.56. The topological polar surface area (TPSA) is 52.9 Å². The van der Waals surface area contributed by atoms with Crippen LogP contribution in [0.3, 0.4) is 0 Å². The Balaban J connectivity index is 2.43. The fourth-order valence-corrected chi connectivity index (χ4v) is 2.65. The van der Waals surface area contributed by atoms with Crippen LogP contribution in [-0.4, -0.2) is 12.5 Å². The van der Waals surface area contributed by atoms with Gasteiger partial charge in [0.15, 0.2) is 0 Å². The molecule has 0 spiro atoms. The van der Waals surface area contributed by atoms with Gasteiger partial charge in [0.1, 0.15) is 6.54 Å². The number of rotatable bonds is 5. The number of nitrogens with one attached hydrogen (secondary N) is 1. The van der Waals surface area contributed by atoms with Gasteiger partial charge in [-0.15, -0.1) is 0 Å². The van der Waals surface area contributed by atoms with Gasteiger partial charge in [0, 0.05) is 0 Å². The maximum Gasteiger partial charge on any atom is 0.228 e. The molecule has 2 aromatic carbocycles. The number of fused-ring (bicyclic) bond motifs is 1. The van der Waals surface area contributed by atoms with Gasteiger partial charge in [-0.05, 0) is 28.7 Å². The molecule has 1 atom stereocenters. The standard InChI is InChI=1S/C18H20N2O/c1-13(2)12-17(18(21)20-11-10-19)16-9-5-7-14-6-3-4-8-15(14)16/h3-9,13,17H,11-12H2,1-2H3,(H,20,21). The lowest BCUT2D eigenvalue weighted by Crippen LogP contribution is -2.30. The molecule has 1 unspecified atom stereocenters. The second kappa shape index (κ2) is 6.90. The van der Waals surface area contributed by atoms with E-state index in [9.17, 15) is 4.79 Å². The smallest absolute Gasteiger partial charge is 0.228 e. The highest BCUT2D eigenvalue weighted by molar-refractivity contribution is 5.93. The number of hydrogen-bond acceptors (Lipinski definition) is 2. The van der Waals surface area contributed by atoms with E-state index in [1.54, 1.807) is 0 Å².